The van der Waals surface area contributed by atoms with Gasteiger partial charge in [0.15, 0.2) is 0 Å². The van der Waals surface area contributed by atoms with Gasteiger partial charge in [-0.2, -0.15) is 0 Å². The molecule has 0 aliphatic heterocycles. The van der Waals surface area contributed by atoms with Gasteiger partial charge in [-0.15, -0.1) is 0 Å². The van der Waals surface area contributed by atoms with Crippen molar-refractivity contribution < 1.29 is 19.4 Å². The molecule has 21 heavy (non-hydrogen) atoms. The third-order valence-electron chi connectivity index (χ3n) is 3.87. The third kappa shape index (κ3) is 3.95. The van der Waals surface area contributed by atoms with Crippen molar-refractivity contribution in [1.82, 2.24) is 4.90 Å². The maximum atomic E-state index is 11.9. The van der Waals surface area contributed by atoms with Crippen molar-refractivity contribution in [3.8, 4) is 5.75 Å². The van der Waals surface area contributed by atoms with E-state index in [1.54, 1.807) is 11.9 Å². The first-order chi connectivity index (χ1) is 10.1. The molecule has 1 aliphatic carbocycles. The van der Waals surface area contributed by atoms with Crippen LogP contribution in [0.4, 0.5) is 0 Å². The molecular weight excluding hydrogens is 270 g/mol. The summed E-state index contributed by atoms with van der Waals surface area (Å²) in [6, 6.07) is 9.22. The van der Waals surface area contributed by atoms with Crippen LogP contribution in [0.2, 0.25) is 0 Å². The average Bonchev–Trinajstić information content (AvgIpc) is 2.86. The molecule has 1 amide bonds. The molecule has 0 radical (unpaired) electrons. The Labute approximate surface area is 125 Å². The monoisotopic (exact) mass is 293 g/mol. The van der Waals surface area contributed by atoms with E-state index in [4.69, 9.17) is 9.47 Å². The van der Waals surface area contributed by atoms with E-state index in [0.29, 0.717) is 6.61 Å². The molecule has 0 aromatic heterocycles. The van der Waals surface area contributed by atoms with Crippen molar-refractivity contribution in [1.29, 1.82) is 0 Å². The van der Waals surface area contributed by atoms with Crippen molar-refractivity contribution in [2.45, 2.75) is 38.0 Å². The van der Waals surface area contributed by atoms with Gasteiger partial charge in [0.1, 0.15) is 24.6 Å². The molecule has 116 valence electrons. The van der Waals surface area contributed by atoms with Gasteiger partial charge in [-0.3, -0.25) is 4.79 Å². The van der Waals surface area contributed by atoms with E-state index in [0.717, 1.165) is 18.6 Å². The molecule has 0 heterocycles. The van der Waals surface area contributed by atoms with Crippen molar-refractivity contribution in [2.75, 3.05) is 20.3 Å². The third-order valence-corrected chi connectivity index (χ3v) is 3.87. The Bertz CT molecular complexity index is 451. The van der Waals surface area contributed by atoms with Crippen molar-refractivity contribution in [3.63, 3.8) is 0 Å². The van der Waals surface area contributed by atoms with Gasteiger partial charge >= 0.3 is 0 Å². The Morgan fingerprint density at radius 2 is 2.05 bits per heavy atom. The standard InChI is InChI=1S/C16H23NO4/c1-3-20-11-15(18)17(2)13-9-10-14(16(13)19)21-12-7-5-4-6-8-12/h4-8,13-14,16,19H,3,9-11H2,1-2H3/t13-,14+,16+/m1/s1. The molecule has 1 saturated carbocycles. The van der Waals surface area contributed by atoms with Gasteiger partial charge in [0.25, 0.3) is 0 Å². The SMILES string of the molecule is CCOCC(=O)N(C)[C@@H]1CC[C@H](Oc2ccccc2)[C@H]1O. The predicted molar refractivity (Wildman–Crippen MR) is 79.1 cm³/mol. The van der Waals surface area contributed by atoms with Gasteiger partial charge in [-0.05, 0) is 31.9 Å². The molecule has 5 nitrogen and oxygen atoms in total. The number of nitrogens with zero attached hydrogens (tertiary/aromatic N) is 1. The van der Waals surface area contributed by atoms with Gasteiger partial charge in [-0.1, -0.05) is 18.2 Å². The first kappa shape index (κ1) is 15.8. The summed E-state index contributed by atoms with van der Waals surface area (Å²) >= 11 is 0. The fourth-order valence-corrected chi connectivity index (χ4v) is 2.63. The first-order valence-electron chi connectivity index (χ1n) is 7.36. The topological polar surface area (TPSA) is 59.0 Å². The largest absolute Gasteiger partial charge is 0.488 e. The quantitative estimate of drug-likeness (QED) is 0.862. The maximum absolute atomic E-state index is 11.9. The van der Waals surface area contributed by atoms with Crippen molar-refractivity contribution in [3.05, 3.63) is 30.3 Å². The van der Waals surface area contributed by atoms with E-state index in [-0.39, 0.29) is 24.7 Å². The number of ether oxygens (including phenoxy) is 2. The van der Waals surface area contributed by atoms with E-state index >= 15 is 0 Å². The van der Waals surface area contributed by atoms with E-state index in [9.17, 15) is 9.90 Å². The summed E-state index contributed by atoms with van der Waals surface area (Å²) in [5.74, 6) is 0.631. The lowest BCUT2D eigenvalue weighted by Crippen LogP contribution is -2.46. The van der Waals surface area contributed by atoms with E-state index in [2.05, 4.69) is 0 Å². The highest BCUT2D eigenvalue weighted by molar-refractivity contribution is 5.77. The van der Waals surface area contributed by atoms with Gasteiger partial charge < -0.3 is 19.5 Å². The molecule has 0 spiro atoms. The summed E-state index contributed by atoms with van der Waals surface area (Å²) in [6.07, 6.45) is 0.501. The minimum absolute atomic E-state index is 0.0560. The summed E-state index contributed by atoms with van der Waals surface area (Å²) in [7, 11) is 1.71. The van der Waals surface area contributed by atoms with Crippen LogP contribution < -0.4 is 4.74 Å². The van der Waals surface area contributed by atoms with Crippen LogP contribution in [-0.4, -0.2) is 54.4 Å². The number of rotatable bonds is 6. The summed E-state index contributed by atoms with van der Waals surface area (Å²) in [4.78, 5) is 13.5. The number of likely N-dealkylation sites (N-methyl/N-ethyl adjacent to an activating group) is 1. The Morgan fingerprint density at radius 1 is 1.33 bits per heavy atom. The number of hydrogen-bond acceptors (Lipinski definition) is 4. The normalized spacial score (nSPS) is 24.8. The Kier molecular flexibility index (Phi) is 5.59. The average molecular weight is 293 g/mol. The van der Waals surface area contributed by atoms with Crippen LogP contribution in [0.3, 0.4) is 0 Å². The fourth-order valence-electron chi connectivity index (χ4n) is 2.63. The Hall–Kier alpha value is -1.59. The second-order valence-electron chi connectivity index (χ2n) is 5.25. The van der Waals surface area contributed by atoms with Crippen LogP contribution in [0.25, 0.3) is 0 Å². The van der Waals surface area contributed by atoms with Crippen molar-refractivity contribution >= 4 is 5.91 Å². The highest BCUT2D eigenvalue weighted by atomic mass is 16.5. The zero-order valence-electron chi connectivity index (χ0n) is 12.6. The van der Waals surface area contributed by atoms with E-state index < -0.39 is 6.10 Å². The molecule has 5 heteroatoms. The van der Waals surface area contributed by atoms with Gasteiger partial charge in [-0.25, -0.2) is 0 Å². The lowest BCUT2D eigenvalue weighted by molar-refractivity contribution is -0.139. The summed E-state index contributed by atoms with van der Waals surface area (Å²) in [5.41, 5.74) is 0. The second-order valence-corrected chi connectivity index (χ2v) is 5.25. The number of aliphatic hydroxyl groups excluding tert-OH is 1. The van der Waals surface area contributed by atoms with E-state index in [1.807, 2.05) is 37.3 Å². The summed E-state index contributed by atoms with van der Waals surface area (Å²) < 4.78 is 10.9. The highest BCUT2D eigenvalue weighted by Crippen LogP contribution is 2.28. The number of carbonyl (C=O) groups excluding carboxylic acids is 1. The number of benzene rings is 1. The molecule has 0 bridgehead atoms. The minimum Gasteiger partial charge on any atom is -0.488 e. The maximum Gasteiger partial charge on any atom is 0.248 e. The number of amides is 1. The second kappa shape index (κ2) is 7.43. The zero-order chi connectivity index (χ0) is 15.2. The zero-order valence-corrected chi connectivity index (χ0v) is 12.6. The summed E-state index contributed by atoms with van der Waals surface area (Å²) in [5, 5.41) is 10.4. The van der Waals surface area contributed by atoms with Gasteiger partial charge in [0.05, 0.1) is 6.04 Å². The Morgan fingerprint density at radius 3 is 2.71 bits per heavy atom. The number of aliphatic hydroxyl groups is 1. The van der Waals surface area contributed by atoms with Gasteiger partial charge in [0.2, 0.25) is 5.91 Å². The van der Waals surface area contributed by atoms with Gasteiger partial charge in [0, 0.05) is 13.7 Å². The van der Waals surface area contributed by atoms with Crippen molar-refractivity contribution in [2.24, 2.45) is 0 Å². The molecule has 3 atom stereocenters. The molecule has 1 fully saturated rings. The lowest BCUT2D eigenvalue weighted by Gasteiger charge is -2.28. The van der Waals surface area contributed by atoms with Crippen LogP contribution >= 0.6 is 0 Å². The van der Waals surface area contributed by atoms with Crippen LogP contribution in [0.1, 0.15) is 19.8 Å². The van der Waals surface area contributed by atoms with Crippen LogP contribution in [-0.2, 0) is 9.53 Å². The number of hydrogen-bond donors (Lipinski definition) is 1. The molecule has 0 saturated heterocycles. The van der Waals surface area contributed by atoms with Crippen LogP contribution in [0.15, 0.2) is 30.3 Å². The van der Waals surface area contributed by atoms with Crippen LogP contribution in [0, 0.1) is 0 Å². The molecule has 1 aromatic carbocycles. The fraction of sp³-hybridized carbons (Fsp3) is 0.562. The molecule has 1 aliphatic rings. The van der Waals surface area contributed by atoms with Crippen LogP contribution in [0.5, 0.6) is 5.75 Å². The molecule has 1 aromatic rings. The number of para-hydroxylation sites is 1. The molecule has 0 unspecified atom stereocenters. The molecular formula is C16H23NO4. The summed E-state index contributed by atoms with van der Waals surface area (Å²) in [6.45, 7) is 2.41. The first-order valence-corrected chi connectivity index (χ1v) is 7.36. The Balaban J connectivity index is 1.91. The predicted octanol–water partition coefficient (Wildman–Crippen LogP) is 1.45. The highest BCUT2D eigenvalue weighted by Gasteiger charge is 2.40. The van der Waals surface area contributed by atoms with E-state index in [1.165, 1.54) is 0 Å². The minimum atomic E-state index is -0.680. The lowest BCUT2D eigenvalue weighted by atomic mass is 10.1. The molecule has 2 rings (SSSR count). The smallest absolute Gasteiger partial charge is 0.248 e. The number of carbonyl (C=O) groups is 1. The molecule has 1 N–H and O–H groups in total.